The average Bonchev–Trinajstić information content (AvgIpc) is 2.35. The van der Waals surface area contributed by atoms with Crippen LogP contribution in [0, 0.1) is 5.41 Å². The number of rotatable bonds is 2. The minimum absolute atomic E-state index is 0.200. The van der Waals surface area contributed by atoms with Gasteiger partial charge in [-0.05, 0) is 29.7 Å². The van der Waals surface area contributed by atoms with Gasteiger partial charge in [-0.1, -0.05) is 0 Å². The highest BCUT2D eigenvalue weighted by Crippen LogP contribution is 2.56. The average molecular weight is 294 g/mol. The number of carbonyl (C=O) groups excluding carboxylic acids is 1. The second-order valence-corrected chi connectivity index (χ2v) is 5.57. The van der Waals surface area contributed by atoms with Crippen molar-refractivity contribution in [1.29, 1.82) is 0 Å². The zero-order valence-corrected chi connectivity index (χ0v) is 10.9. The third-order valence-electron chi connectivity index (χ3n) is 3.84. The third-order valence-corrected chi connectivity index (χ3v) is 3.84. The monoisotopic (exact) mass is 294 g/mol. The molecule has 1 saturated carbocycles. The van der Waals surface area contributed by atoms with Gasteiger partial charge in [0.15, 0.2) is 0 Å². The van der Waals surface area contributed by atoms with E-state index in [0.717, 1.165) is 6.08 Å². The lowest BCUT2D eigenvalue weighted by atomic mass is 9.61. The van der Waals surface area contributed by atoms with Crippen LogP contribution in [0.15, 0.2) is 18.3 Å². The lowest BCUT2D eigenvalue weighted by molar-refractivity contribution is -0.175. The van der Waals surface area contributed by atoms with Crippen LogP contribution < -0.4 is 5.32 Å². The van der Waals surface area contributed by atoms with Crippen molar-refractivity contribution in [1.82, 2.24) is 4.98 Å². The molecule has 3 rings (SSSR count). The Morgan fingerprint density at radius 1 is 1.43 bits per heavy atom. The fourth-order valence-electron chi connectivity index (χ4n) is 2.94. The highest BCUT2D eigenvalue weighted by Gasteiger charge is 2.61. The Labute approximate surface area is 118 Å². The van der Waals surface area contributed by atoms with Gasteiger partial charge in [-0.3, -0.25) is 4.79 Å². The molecule has 1 amide bonds. The maximum atomic E-state index is 13.1. The lowest BCUT2D eigenvalue weighted by Gasteiger charge is -2.48. The molecule has 0 aromatic carbocycles. The van der Waals surface area contributed by atoms with Crippen molar-refractivity contribution in [3.8, 4) is 0 Å². The van der Waals surface area contributed by atoms with Crippen molar-refractivity contribution in [2.24, 2.45) is 5.41 Å². The summed E-state index contributed by atoms with van der Waals surface area (Å²) in [7, 11) is 0. The van der Waals surface area contributed by atoms with Crippen molar-refractivity contribution < 1.29 is 23.5 Å². The summed E-state index contributed by atoms with van der Waals surface area (Å²) in [6.45, 7) is 0. The second kappa shape index (κ2) is 4.34. The topological polar surface area (TPSA) is 79.3 Å². The van der Waals surface area contributed by atoms with Crippen molar-refractivity contribution >= 4 is 23.8 Å². The number of anilines is 1. The number of carboxylic acids is 1. The molecule has 2 heterocycles. The zero-order chi connectivity index (χ0) is 15.3. The van der Waals surface area contributed by atoms with Gasteiger partial charge in [0.25, 0.3) is 0 Å². The Morgan fingerprint density at radius 2 is 2.14 bits per heavy atom. The number of halogens is 2. The smallest absolute Gasteiger partial charge is 0.328 e. The number of carbonyl (C=O) groups is 2. The van der Waals surface area contributed by atoms with Gasteiger partial charge in [-0.15, -0.1) is 0 Å². The van der Waals surface area contributed by atoms with Crippen LogP contribution in [0.2, 0.25) is 0 Å². The Bertz CT molecular complexity index is 662. The fourth-order valence-corrected chi connectivity index (χ4v) is 2.94. The van der Waals surface area contributed by atoms with Crippen molar-refractivity contribution in [2.45, 2.75) is 25.2 Å². The van der Waals surface area contributed by atoms with E-state index in [1.165, 1.54) is 12.3 Å². The number of hydrogen-bond acceptors (Lipinski definition) is 3. The van der Waals surface area contributed by atoms with Gasteiger partial charge in [0.05, 0.1) is 5.41 Å². The molecule has 7 heteroatoms. The molecule has 1 aromatic heterocycles. The number of carboxylic acid groups (broad SMARTS) is 1. The van der Waals surface area contributed by atoms with Gasteiger partial charge in [0.2, 0.25) is 11.8 Å². The minimum Gasteiger partial charge on any atom is -0.478 e. The molecule has 110 valence electrons. The zero-order valence-electron chi connectivity index (χ0n) is 10.9. The van der Waals surface area contributed by atoms with Gasteiger partial charge in [-0.2, -0.15) is 0 Å². The second-order valence-electron chi connectivity index (χ2n) is 5.57. The van der Waals surface area contributed by atoms with Crippen LogP contribution in [0.3, 0.4) is 0 Å². The van der Waals surface area contributed by atoms with E-state index in [-0.39, 0.29) is 6.42 Å². The Hall–Kier alpha value is -2.31. The number of pyridine rings is 1. The maximum Gasteiger partial charge on any atom is 0.328 e. The van der Waals surface area contributed by atoms with Crippen LogP contribution in [0.5, 0.6) is 0 Å². The molecule has 0 radical (unpaired) electrons. The molecule has 1 aliphatic carbocycles. The summed E-state index contributed by atoms with van der Waals surface area (Å²) in [5.41, 5.74) is 0.138. The van der Waals surface area contributed by atoms with Crippen LogP contribution >= 0.6 is 0 Å². The number of fused-ring (bicyclic) bond motifs is 1. The van der Waals surface area contributed by atoms with Gasteiger partial charge in [0.1, 0.15) is 5.82 Å². The van der Waals surface area contributed by atoms with E-state index in [1.807, 2.05) is 0 Å². The summed E-state index contributed by atoms with van der Waals surface area (Å²) in [6, 6.07) is 1.67. The molecule has 0 bridgehead atoms. The predicted molar refractivity (Wildman–Crippen MR) is 69.9 cm³/mol. The first-order valence-corrected chi connectivity index (χ1v) is 6.39. The number of nitrogens with one attached hydrogen (secondary N) is 1. The molecule has 21 heavy (non-hydrogen) atoms. The summed E-state index contributed by atoms with van der Waals surface area (Å²) < 4.78 is 26.3. The van der Waals surface area contributed by atoms with E-state index in [0.29, 0.717) is 16.9 Å². The van der Waals surface area contributed by atoms with Gasteiger partial charge in [-0.25, -0.2) is 18.6 Å². The maximum absolute atomic E-state index is 13.1. The van der Waals surface area contributed by atoms with Gasteiger partial charge >= 0.3 is 5.97 Å². The van der Waals surface area contributed by atoms with E-state index in [1.54, 1.807) is 6.07 Å². The van der Waals surface area contributed by atoms with Gasteiger partial charge in [0, 0.05) is 25.1 Å². The molecule has 1 spiro atoms. The first kappa shape index (κ1) is 13.7. The molecular weight excluding hydrogens is 282 g/mol. The number of amides is 1. The molecule has 0 unspecified atom stereocenters. The molecule has 2 N–H and O–H groups in total. The van der Waals surface area contributed by atoms with Crippen LogP contribution in [0.1, 0.15) is 24.0 Å². The number of hydrogen-bond donors (Lipinski definition) is 2. The molecule has 5 nitrogen and oxygen atoms in total. The summed E-state index contributed by atoms with van der Waals surface area (Å²) in [5.74, 6) is -3.94. The van der Waals surface area contributed by atoms with Crippen molar-refractivity contribution in [3.63, 3.8) is 0 Å². The SMILES string of the molecule is O=C(O)C=Cc1cnc2c(c1)CC1(CC(F)(F)C1)C(=O)N2. The fraction of sp³-hybridized carbons (Fsp3) is 0.357. The van der Waals surface area contributed by atoms with Crippen LogP contribution in [0.4, 0.5) is 14.6 Å². The standard InChI is InChI=1S/C14H12F2N2O3/c15-14(16)6-13(7-14)4-9-3-8(1-2-10(19)20)5-17-11(9)18-12(13)21/h1-3,5H,4,6-7H2,(H,19,20)(H,17,18,21). The van der Waals surface area contributed by atoms with E-state index in [2.05, 4.69) is 10.3 Å². The quantitative estimate of drug-likeness (QED) is 0.819. The number of nitrogens with zero attached hydrogens (tertiary/aromatic N) is 1. The van der Waals surface area contributed by atoms with E-state index in [9.17, 15) is 18.4 Å². The molecule has 1 aromatic rings. The first-order chi connectivity index (χ1) is 9.80. The van der Waals surface area contributed by atoms with Crippen LogP contribution in [-0.2, 0) is 16.0 Å². The summed E-state index contributed by atoms with van der Waals surface area (Å²) in [6.07, 6.45) is 3.05. The van der Waals surface area contributed by atoms with E-state index < -0.39 is 36.1 Å². The number of aromatic nitrogens is 1. The first-order valence-electron chi connectivity index (χ1n) is 6.39. The van der Waals surface area contributed by atoms with E-state index in [4.69, 9.17) is 5.11 Å². The Morgan fingerprint density at radius 3 is 2.76 bits per heavy atom. The number of alkyl halides is 2. The molecule has 2 aliphatic rings. The van der Waals surface area contributed by atoms with Crippen LogP contribution in [-0.4, -0.2) is 27.9 Å². The molecule has 1 fully saturated rings. The number of aliphatic carboxylic acids is 1. The highest BCUT2D eigenvalue weighted by atomic mass is 19.3. The molecule has 0 atom stereocenters. The predicted octanol–water partition coefficient (Wildman–Crippen LogP) is 2.09. The molecule has 1 aliphatic heterocycles. The lowest BCUT2D eigenvalue weighted by Crippen LogP contribution is -2.56. The van der Waals surface area contributed by atoms with Crippen molar-refractivity contribution in [2.75, 3.05) is 5.32 Å². The Balaban J connectivity index is 1.88. The van der Waals surface area contributed by atoms with E-state index >= 15 is 0 Å². The summed E-state index contributed by atoms with van der Waals surface area (Å²) in [4.78, 5) is 26.5. The summed E-state index contributed by atoms with van der Waals surface area (Å²) >= 11 is 0. The van der Waals surface area contributed by atoms with Gasteiger partial charge < -0.3 is 10.4 Å². The molecule has 0 saturated heterocycles. The van der Waals surface area contributed by atoms with Crippen LogP contribution in [0.25, 0.3) is 6.08 Å². The minimum atomic E-state index is -2.79. The Kier molecular flexibility index (Phi) is 2.82. The largest absolute Gasteiger partial charge is 0.478 e. The summed E-state index contributed by atoms with van der Waals surface area (Å²) in [5, 5.41) is 11.1. The molecular formula is C14H12F2N2O3. The normalized spacial score (nSPS) is 21.7. The van der Waals surface area contributed by atoms with Crippen molar-refractivity contribution in [3.05, 3.63) is 29.5 Å². The third kappa shape index (κ3) is 2.39. The highest BCUT2D eigenvalue weighted by molar-refractivity contribution is 5.98.